The van der Waals surface area contributed by atoms with Crippen molar-refractivity contribution in [2.24, 2.45) is 0 Å². The van der Waals surface area contributed by atoms with Crippen molar-refractivity contribution in [1.29, 1.82) is 0 Å². The van der Waals surface area contributed by atoms with E-state index in [1.807, 2.05) is 31.2 Å². The normalized spacial score (nSPS) is 11.9. The summed E-state index contributed by atoms with van der Waals surface area (Å²) in [4.78, 5) is 11.4. The molecule has 0 aliphatic rings. The lowest BCUT2D eigenvalue weighted by molar-refractivity contribution is -0.129. The molecule has 23 heavy (non-hydrogen) atoms. The summed E-state index contributed by atoms with van der Waals surface area (Å²) in [6, 6.07) is 7.65. The molecule has 0 heterocycles. The van der Waals surface area contributed by atoms with Gasteiger partial charge in [0, 0.05) is 19.1 Å². The smallest absolute Gasteiger partial charge is 0.335 e. The number of hydrogen-bond acceptors (Lipinski definition) is 3. The molecule has 0 aliphatic carbocycles. The van der Waals surface area contributed by atoms with Gasteiger partial charge in [-0.25, -0.2) is 4.79 Å². The summed E-state index contributed by atoms with van der Waals surface area (Å²) < 4.78 is 11.2. The number of carbonyl (C=O) groups excluding carboxylic acids is 1. The molecular formula is C20H30O3. The van der Waals surface area contributed by atoms with E-state index in [1.165, 1.54) is 38.2 Å². The maximum absolute atomic E-state index is 11.4. The third-order valence-electron chi connectivity index (χ3n) is 3.83. The Kier molecular flexibility index (Phi) is 10.0. The Balaban J connectivity index is 2.61. The number of hydrogen-bond donors (Lipinski definition) is 0. The summed E-state index contributed by atoms with van der Waals surface area (Å²) in [5.74, 6) is 0.179. The molecule has 1 unspecified atom stereocenters. The molecule has 0 spiro atoms. The molecule has 1 rings (SSSR count). The number of para-hydroxylation sites is 1. The highest BCUT2D eigenvalue weighted by Gasteiger charge is 2.14. The molecule has 1 atom stereocenters. The molecule has 0 bridgehead atoms. The largest absolute Gasteiger partial charge is 0.423 e. The topological polar surface area (TPSA) is 35.5 Å². The second-order valence-electron chi connectivity index (χ2n) is 5.72. The van der Waals surface area contributed by atoms with Crippen LogP contribution in [0.4, 0.5) is 0 Å². The highest BCUT2D eigenvalue weighted by molar-refractivity contribution is 5.83. The molecule has 0 radical (unpaired) electrons. The SMILES string of the molecule is C=CC(=O)Oc1ccccc1CC(CCCCCCC)OCC. The predicted octanol–water partition coefficient (Wildman–Crippen LogP) is 5.09. The Bertz CT molecular complexity index is 468. The Morgan fingerprint density at radius 2 is 1.91 bits per heavy atom. The fraction of sp³-hybridized carbons (Fsp3) is 0.550. The maximum atomic E-state index is 11.4. The van der Waals surface area contributed by atoms with Crippen LogP contribution in [-0.4, -0.2) is 18.7 Å². The molecule has 3 heteroatoms. The van der Waals surface area contributed by atoms with Crippen molar-refractivity contribution >= 4 is 5.97 Å². The highest BCUT2D eigenvalue weighted by Crippen LogP contribution is 2.23. The molecule has 1 aromatic rings. The number of rotatable bonds is 12. The first-order valence-electron chi connectivity index (χ1n) is 8.75. The molecular weight excluding hydrogens is 288 g/mol. The number of esters is 1. The lowest BCUT2D eigenvalue weighted by Crippen LogP contribution is -2.17. The van der Waals surface area contributed by atoms with Crippen molar-refractivity contribution in [3.8, 4) is 5.75 Å². The van der Waals surface area contributed by atoms with Gasteiger partial charge in [-0.15, -0.1) is 0 Å². The lowest BCUT2D eigenvalue weighted by Gasteiger charge is -2.18. The summed E-state index contributed by atoms with van der Waals surface area (Å²) in [6.07, 6.45) is 9.46. The van der Waals surface area contributed by atoms with Gasteiger partial charge in [0.15, 0.2) is 0 Å². The molecule has 1 aromatic carbocycles. The summed E-state index contributed by atoms with van der Waals surface area (Å²) in [7, 11) is 0. The van der Waals surface area contributed by atoms with Crippen LogP contribution in [0.1, 0.15) is 57.9 Å². The third kappa shape index (κ3) is 7.98. The van der Waals surface area contributed by atoms with Gasteiger partial charge >= 0.3 is 5.97 Å². The van der Waals surface area contributed by atoms with Gasteiger partial charge in [-0.3, -0.25) is 0 Å². The summed E-state index contributed by atoms with van der Waals surface area (Å²) in [5, 5.41) is 0. The first-order chi connectivity index (χ1) is 11.2. The summed E-state index contributed by atoms with van der Waals surface area (Å²) in [5.41, 5.74) is 1.01. The van der Waals surface area contributed by atoms with Crippen molar-refractivity contribution in [2.45, 2.75) is 64.9 Å². The second-order valence-corrected chi connectivity index (χ2v) is 5.72. The van der Waals surface area contributed by atoms with E-state index in [1.54, 1.807) is 0 Å². The Morgan fingerprint density at radius 1 is 1.17 bits per heavy atom. The minimum atomic E-state index is -0.426. The van der Waals surface area contributed by atoms with Gasteiger partial charge in [0.25, 0.3) is 0 Å². The van der Waals surface area contributed by atoms with Gasteiger partial charge in [-0.1, -0.05) is 63.8 Å². The van der Waals surface area contributed by atoms with Crippen molar-refractivity contribution in [3.63, 3.8) is 0 Å². The zero-order chi connectivity index (χ0) is 16.9. The van der Waals surface area contributed by atoms with E-state index in [-0.39, 0.29) is 6.10 Å². The standard InChI is InChI=1S/C20H30O3/c1-4-7-8-9-10-14-18(22-6-3)16-17-13-11-12-15-19(17)23-20(21)5-2/h5,11-13,15,18H,2,4,6-10,14,16H2,1,3H3. The number of carbonyl (C=O) groups is 1. The van der Waals surface area contributed by atoms with E-state index in [2.05, 4.69) is 13.5 Å². The monoisotopic (exact) mass is 318 g/mol. The van der Waals surface area contributed by atoms with Crippen molar-refractivity contribution < 1.29 is 14.3 Å². The Morgan fingerprint density at radius 3 is 2.61 bits per heavy atom. The average Bonchev–Trinajstić information content (AvgIpc) is 2.56. The third-order valence-corrected chi connectivity index (χ3v) is 3.83. The van der Waals surface area contributed by atoms with Gasteiger partial charge in [0.1, 0.15) is 5.75 Å². The molecule has 0 amide bonds. The van der Waals surface area contributed by atoms with Crippen LogP contribution in [0, 0.1) is 0 Å². The van der Waals surface area contributed by atoms with Crippen LogP contribution in [0.25, 0.3) is 0 Å². The number of unbranched alkanes of at least 4 members (excludes halogenated alkanes) is 4. The van der Waals surface area contributed by atoms with Gasteiger partial charge in [-0.05, 0) is 25.0 Å². The average molecular weight is 318 g/mol. The van der Waals surface area contributed by atoms with Crippen LogP contribution in [0.3, 0.4) is 0 Å². The van der Waals surface area contributed by atoms with Crippen molar-refractivity contribution in [3.05, 3.63) is 42.5 Å². The van der Waals surface area contributed by atoms with Crippen LogP contribution >= 0.6 is 0 Å². The van der Waals surface area contributed by atoms with Crippen LogP contribution in [0.5, 0.6) is 5.75 Å². The fourth-order valence-corrected chi connectivity index (χ4v) is 2.62. The first-order valence-corrected chi connectivity index (χ1v) is 8.75. The molecule has 0 aromatic heterocycles. The van der Waals surface area contributed by atoms with E-state index in [9.17, 15) is 4.79 Å². The predicted molar refractivity (Wildman–Crippen MR) is 94.8 cm³/mol. The van der Waals surface area contributed by atoms with Crippen LogP contribution < -0.4 is 4.74 Å². The van der Waals surface area contributed by atoms with E-state index in [0.29, 0.717) is 12.4 Å². The molecule has 0 N–H and O–H groups in total. The summed E-state index contributed by atoms with van der Waals surface area (Å²) in [6.45, 7) is 8.39. The number of benzene rings is 1. The van der Waals surface area contributed by atoms with Crippen LogP contribution in [0.2, 0.25) is 0 Å². The Labute approximate surface area is 140 Å². The second kappa shape index (κ2) is 11.9. The minimum absolute atomic E-state index is 0.171. The summed E-state index contributed by atoms with van der Waals surface area (Å²) >= 11 is 0. The minimum Gasteiger partial charge on any atom is -0.423 e. The first kappa shape index (κ1) is 19.4. The molecule has 0 saturated heterocycles. The highest BCUT2D eigenvalue weighted by atomic mass is 16.5. The number of ether oxygens (including phenoxy) is 2. The molecule has 0 saturated carbocycles. The van der Waals surface area contributed by atoms with E-state index >= 15 is 0 Å². The fourth-order valence-electron chi connectivity index (χ4n) is 2.62. The van der Waals surface area contributed by atoms with Gasteiger partial charge < -0.3 is 9.47 Å². The molecule has 0 aliphatic heterocycles. The van der Waals surface area contributed by atoms with Crippen molar-refractivity contribution in [1.82, 2.24) is 0 Å². The van der Waals surface area contributed by atoms with Gasteiger partial charge in [-0.2, -0.15) is 0 Å². The Hall–Kier alpha value is -1.61. The zero-order valence-electron chi connectivity index (χ0n) is 14.6. The molecule has 0 fully saturated rings. The molecule has 3 nitrogen and oxygen atoms in total. The van der Waals surface area contributed by atoms with E-state index in [0.717, 1.165) is 18.4 Å². The maximum Gasteiger partial charge on any atom is 0.335 e. The zero-order valence-corrected chi connectivity index (χ0v) is 14.6. The van der Waals surface area contributed by atoms with Crippen LogP contribution in [-0.2, 0) is 16.0 Å². The molecule has 128 valence electrons. The lowest BCUT2D eigenvalue weighted by atomic mass is 10.0. The quantitative estimate of drug-likeness (QED) is 0.233. The van der Waals surface area contributed by atoms with E-state index < -0.39 is 5.97 Å². The van der Waals surface area contributed by atoms with Crippen molar-refractivity contribution in [2.75, 3.05) is 6.61 Å². The van der Waals surface area contributed by atoms with E-state index in [4.69, 9.17) is 9.47 Å². The van der Waals surface area contributed by atoms with Gasteiger partial charge in [0.05, 0.1) is 6.10 Å². The van der Waals surface area contributed by atoms with Crippen LogP contribution in [0.15, 0.2) is 36.9 Å². The van der Waals surface area contributed by atoms with Gasteiger partial charge in [0.2, 0.25) is 0 Å².